The van der Waals surface area contributed by atoms with Crippen LogP contribution in [0.5, 0.6) is 0 Å². The molecule has 1 amide bonds. The number of hydrogen-bond acceptors (Lipinski definition) is 3. The Morgan fingerprint density at radius 1 is 1.15 bits per heavy atom. The molecule has 3 aromatic rings. The Kier molecular flexibility index (Phi) is 3.41. The monoisotopic (exact) mass is 266 g/mol. The first-order valence-electron chi connectivity index (χ1n) is 6.45. The van der Waals surface area contributed by atoms with Gasteiger partial charge in [0.1, 0.15) is 5.82 Å². The van der Waals surface area contributed by atoms with E-state index in [1.54, 1.807) is 24.5 Å². The molecular formula is C15H14N4O. The molecule has 0 aliphatic heterocycles. The van der Waals surface area contributed by atoms with E-state index in [-0.39, 0.29) is 5.91 Å². The van der Waals surface area contributed by atoms with Gasteiger partial charge in [0.2, 0.25) is 5.91 Å². The fourth-order valence-electron chi connectivity index (χ4n) is 2.01. The summed E-state index contributed by atoms with van der Waals surface area (Å²) in [7, 11) is 0. The molecule has 3 rings (SSSR count). The second-order valence-corrected chi connectivity index (χ2v) is 4.48. The molecule has 5 heteroatoms. The van der Waals surface area contributed by atoms with E-state index < -0.39 is 0 Å². The molecule has 20 heavy (non-hydrogen) atoms. The van der Waals surface area contributed by atoms with Gasteiger partial charge in [-0.15, -0.1) is 0 Å². The van der Waals surface area contributed by atoms with Crippen molar-refractivity contribution in [3.63, 3.8) is 0 Å². The lowest BCUT2D eigenvalue weighted by Gasteiger charge is -2.03. The highest BCUT2D eigenvalue weighted by molar-refractivity contribution is 5.90. The summed E-state index contributed by atoms with van der Waals surface area (Å²) in [4.78, 5) is 23.4. The molecule has 1 aromatic carbocycles. The van der Waals surface area contributed by atoms with Crippen LogP contribution in [0.2, 0.25) is 0 Å². The Morgan fingerprint density at radius 3 is 2.75 bits per heavy atom. The van der Waals surface area contributed by atoms with E-state index in [1.807, 2.05) is 24.3 Å². The fourth-order valence-corrected chi connectivity index (χ4v) is 2.01. The number of H-pyrrole nitrogens is 1. The van der Waals surface area contributed by atoms with Gasteiger partial charge in [-0.2, -0.15) is 0 Å². The number of hydrogen-bond donors (Lipinski definition) is 2. The number of pyridine rings is 1. The molecule has 0 atom stereocenters. The summed E-state index contributed by atoms with van der Waals surface area (Å²) in [6.45, 7) is 0. The average Bonchev–Trinajstić information content (AvgIpc) is 2.89. The number of aromatic amines is 1. The zero-order valence-corrected chi connectivity index (χ0v) is 10.8. The third kappa shape index (κ3) is 2.83. The maximum absolute atomic E-state index is 11.8. The summed E-state index contributed by atoms with van der Waals surface area (Å²) >= 11 is 0. The number of aromatic nitrogens is 3. The van der Waals surface area contributed by atoms with Crippen LogP contribution in [0.4, 0.5) is 5.69 Å². The molecule has 2 aromatic heterocycles. The molecule has 0 saturated carbocycles. The predicted molar refractivity (Wildman–Crippen MR) is 77.3 cm³/mol. The first-order chi connectivity index (χ1) is 9.81. The van der Waals surface area contributed by atoms with Crippen molar-refractivity contribution >= 4 is 22.6 Å². The van der Waals surface area contributed by atoms with Crippen LogP contribution in [-0.2, 0) is 11.2 Å². The highest BCUT2D eigenvalue weighted by Crippen LogP contribution is 2.12. The third-order valence-electron chi connectivity index (χ3n) is 2.99. The smallest absolute Gasteiger partial charge is 0.224 e. The molecule has 0 bridgehead atoms. The van der Waals surface area contributed by atoms with Crippen LogP contribution in [0.3, 0.4) is 0 Å². The Bertz CT molecular complexity index is 688. The number of rotatable bonds is 4. The third-order valence-corrected chi connectivity index (χ3v) is 2.99. The number of carbonyl (C=O) groups excluding carboxylic acids is 1. The molecule has 0 fully saturated rings. The summed E-state index contributed by atoms with van der Waals surface area (Å²) < 4.78 is 0. The average molecular weight is 266 g/mol. The van der Waals surface area contributed by atoms with Gasteiger partial charge in [0.25, 0.3) is 0 Å². The number of carbonyl (C=O) groups is 1. The highest BCUT2D eigenvalue weighted by atomic mass is 16.1. The summed E-state index contributed by atoms with van der Waals surface area (Å²) in [5.74, 6) is 0.799. The molecule has 0 spiro atoms. The lowest BCUT2D eigenvalue weighted by molar-refractivity contribution is -0.116. The van der Waals surface area contributed by atoms with Crippen molar-refractivity contribution in [1.29, 1.82) is 0 Å². The molecular weight excluding hydrogens is 252 g/mol. The van der Waals surface area contributed by atoms with E-state index in [0.717, 1.165) is 22.5 Å². The number of aryl methyl sites for hydroxylation is 1. The van der Waals surface area contributed by atoms with Gasteiger partial charge in [0.05, 0.1) is 11.0 Å². The first kappa shape index (κ1) is 12.3. The molecule has 100 valence electrons. The van der Waals surface area contributed by atoms with Gasteiger partial charge < -0.3 is 10.3 Å². The van der Waals surface area contributed by atoms with E-state index >= 15 is 0 Å². The standard InChI is InChI=1S/C15H14N4O/c20-15(17-11-7-9-16-10-8-11)6-5-14-18-12-3-1-2-4-13(12)19-14/h1-4,7-10H,5-6H2,(H,18,19)(H,16,17,20). The number of amides is 1. The van der Waals surface area contributed by atoms with Gasteiger partial charge in [0.15, 0.2) is 0 Å². The quantitative estimate of drug-likeness (QED) is 0.762. The topological polar surface area (TPSA) is 70.7 Å². The van der Waals surface area contributed by atoms with Crippen LogP contribution in [-0.4, -0.2) is 20.9 Å². The van der Waals surface area contributed by atoms with E-state index in [4.69, 9.17) is 0 Å². The van der Waals surface area contributed by atoms with Crippen molar-refractivity contribution in [3.05, 3.63) is 54.6 Å². The minimum Gasteiger partial charge on any atom is -0.342 e. The number of nitrogens with zero attached hydrogens (tertiary/aromatic N) is 2. The van der Waals surface area contributed by atoms with E-state index in [9.17, 15) is 4.79 Å². The number of fused-ring (bicyclic) bond motifs is 1. The summed E-state index contributed by atoms with van der Waals surface area (Å²) in [5.41, 5.74) is 2.68. The van der Waals surface area contributed by atoms with Gasteiger partial charge in [-0.25, -0.2) is 4.98 Å². The van der Waals surface area contributed by atoms with Crippen LogP contribution in [0.1, 0.15) is 12.2 Å². The SMILES string of the molecule is O=C(CCc1nc2ccccc2[nH]1)Nc1ccncc1. The van der Waals surface area contributed by atoms with E-state index in [0.29, 0.717) is 12.8 Å². The Balaban J connectivity index is 1.60. The number of benzene rings is 1. The van der Waals surface area contributed by atoms with Crippen molar-refractivity contribution in [3.8, 4) is 0 Å². The molecule has 0 saturated heterocycles. The van der Waals surface area contributed by atoms with E-state index in [2.05, 4.69) is 20.3 Å². The molecule has 5 nitrogen and oxygen atoms in total. The molecule has 0 aliphatic rings. The molecule has 0 aliphatic carbocycles. The summed E-state index contributed by atoms with van der Waals surface area (Å²) in [5, 5.41) is 2.83. The largest absolute Gasteiger partial charge is 0.342 e. The van der Waals surface area contributed by atoms with Crippen LogP contribution in [0.25, 0.3) is 11.0 Å². The maximum atomic E-state index is 11.8. The zero-order valence-electron chi connectivity index (χ0n) is 10.8. The minimum atomic E-state index is -0.0309. The second-order valence-electron chi connectivity index (χ2n) is 4.48. The molecule has 2 heterocycles. The molecule has 0 radical (unpaired) electrons. The van der Waals surface area contributed by atoms with Crippen molar-refractivity contribution in [2.45, 2.75) is 12.8 Å². The van der Waals surface area contributed by atoms with Crippen molar-refractivity contribution < 1.29 is 4.79 Å². The van der Waals surface area contributed by atoms with Gasteiger partial charge in [-0.05, 0) is 24.3 Å². The lowest BCUT2D eigenvalue weighted by atomic mass is 10.2. The predicted octanol–water partition coefficient (Wildman–Crippen LogP) is 2.53. The Morgan fingerprint density at radius 2 is 1.95 bits per heavy atom. The van der Waals surface area contributed by atoms with Gasteiger partial charge >= 0.3 is 0 Å². The summed E-state index contributed by atoms with van der Waals surface area (Å²) in [6, 6.07) is 11.4. The number of imidazole rings is 1. The Hall–Kier alpha value is -2.69. The highest BCUT2D eigenvalue weighted by Gasteiger charge is 2.06. The fraction of sp³-hybridized carbons (Fsp3) is 0.133. The van der Waals surface area contributed by atoms with Gasteiger partial charge in [-0.1, -0.05) is 12.1 Å². The van der Waals surface area contributed by atoms with Crippen molar-refractivity contribution in [2.75, 3.05) is 5.32 Å². The number of nitrogens with one attached hydrogen (secondary N) is 2. The normalized spacial score (nSPS) is 10.6. The van der Waals surface area contributed by atoms with Crippen molar-refractivity contribution in [2.24, 2.45) is 0 Å². The summed E-state index contributed by atoms with van der Waals surface area (Å²) in [6.07, 6.45) is 4.28. The van der Waals surface area contributed by atoms with Crippen LogP contribution >= 0.6 is 0 Å². The second kappa shape index (κ2) is 5.52. The van der Waals surface area contributed by atoms with Crippen LogP contribution in [0.15, 0.2) is 48.8 Å². The van der Waals surface area contributed by atoms with Gasteiger partial charge in [0, 0.05) is 30.9 Å². The first-order valence-corrected chi connectivity index (χ1v) is 6.45. The number of anilines is 1. The van der Waals surface area contributed by atoms with E-state index in [1.165, 1.54) is 0 Å². The Labute approximate surface area is 116 Å². The van der Waals surface area contributed by atoms with Crippen LogP contribution < -0.4 is 5.32 Å². The number of para-hydroxylation sites is 2. The van der Waals surface area contributed by atoms with Crippen molar-refractivity contribution in [1.82, 2.24) is 15.0 Å². The lowest BCUT2D eigenvalue weighted by Crippen LogP contribution is -2.12. The maximum Gasteiger partial charge on any atom is 0.224 e. The van der Waals surface area contributed by atoms with Crippen LogP contribution in [0, 0.1) is 0 Å². The minimum absolute atomic E-state index is 0.0309. The molecule has 2 N–H and O–H groups in total. The molecule has 0 unspecified atom stereocenters. The zero-order chi connectivity index (χ0) is 13.8. The van der Waals surface area contributed by atoms with Gasteiger partial charge in [-0.3, -0.25) is 9.78 Å².